The fourth-order valence-electron chi connectivity index (χ4n) is 4.76. The highest BCUT2D eigenvalue weighted by molar-refractivity contribution is 7.89. The van der Waals surface area contributed by atoms with Crippen molar-refractivity contribution < 1.29 is 27.0 Å². The van der Waals surface area contributed by atoms with E-state index in [1.54, 1.807) is 48.5 Å². The van der Waals surface area contributed by atoms with Gasteiger partial charge in [0.1, 0.15) is 0 Å². The third-order valence-corrected chi connectivity index (χ3v) is 10.9. The Morgan fingerprint density at radius 1 is 0.541 bits per heavy atom. The summed E-state index contributed by atoms with van der Waals surface area (Å²) in [5, 5.41) is 18.1. The van der Waals surface area contributed by atoms with E-state index < -0.39 is 20.0 Å². The van der Waals surface area contributed by atoms with Crippen LogP contribution >= 0.6 is 0 Å². The molecular weight excluding hydrogens is 516 g/mol. The summed E-state index contributed by atoms with van der Waals surface area (Å²) in [4.78, 5) is 4.61. The number of rotatable bonds is 10. The van der Waals surface area contributed by atoms with Crippen molar-refractivity contribution in [2.24, 2.45) is 0 Å². The maximum absolute atomic E-state index is 13.0. The summed E-state index contributed by atoms with van der Waals surface area (Å²) in [6, 6.07) is 13.7. The van der Waals surface area contributed by atoms with Gasteiger partial charge in [-0.2, -0.15) is 8.61 Å². The molecule has 2 fully saturated rings. The molecule has 0 aliphatic carbocycles. The lowest BCUT2D eigenvalue weighted by molar-refractivity contribution is 0.151. The largest absolute Gasteiger partial charge is 0.395 e. The smallest absolute Gasteiger partial charge is 0.243 e. The molecule has 0 unspecified atom stereocenters. The molecule has 37 heavy (non-hydrogen) atoms. The molecule has 2 saturated heterocycles. The van der Waals surface area contributed by atoms with Crippen molar-refractivity contribution in [1.29, 1.82) is 0 Å². The van der Waals surface area contributed by atoms with Gasteiger partial charge in [-0.15, -0.1) is 0 Å². The first-order chi connectivity index (χ1) is 17.7. The molecule has 2 aromatic rings. The first kappa shape index (κ1) is 28.1. The standard InChI is InChI=1S/C25H36N4O6S2/c30-19-17-26-9-13-28(14-10-26)36(32,33)24-5-1-22(2-6-24)21-23-3-7-25(8-4-23)37(34,35)29-15-11-27(12-16-29)18-20-31/h1-8,30-31H,9-21H2. The van der Waals surface area contributed by atoms with E-state index in [0.717, 1.165) is 11.1 Å². The molecule has 204 valence electrons. The first-order valence-corrected chi connectivity index (χ1v) is 15.5. The lowest BCUT2D eigenvalue weighted by atomic mass is 10.1. The zero-order valence-corrected chi connectivity index (χ0v) is 22.6. The average Bonchev–Trinajstić information content (AvgIpc) is 2.90. The Kier molecular flexibility index (Phi) is 9.35. The second-order valence-electron chi connectivity index (χ2n) is 9.40. The van der Waals surface area contributed by atoms with Crippen LogP contribution in [0, 0.1) is 0 Å². The number of piperazine rings is 2. The zero-order valence-electron chi connectivity index (χ0n) is 20.9. The molecule has 2 aromatic carbocycles. The molecule has 2 heterocycles. The summed E-state index contributed by atoms with van der Waals surface area (Å²) in [6.45, 7) is 5.24. The fourth-order valence-corrected chi connectivity index (χ4v) is 7.61. The summed E-state index contributed by atoms with van der Waals surface area (Å²) in [6.07, 6.45) is 0.556. The molecule has 0 amide bonds. The Morgan fingerprint density at radius 2 is 0.865 bits per heavy atom. The SMILES string of the molecule is O=S(=O)(c1ccc(Cc2ccc(S(=O)(=O)N3CCN(CCO)CC3)cc2)cc1)N1CCN(CCO)CC1. The Morgan fingerprint density at radius 3 is 1.16 bits per heavy atom. The number of hydrogen-bond donors (Lipinski definition) is 2. The predicted octanol–water partition coefficient (Wildman–Crippen LogP) is -0.125. The zero-order chi connectivity index (χ0) is 26.5. The lowest BCUT2D eigenvalue weighted by Crippen LogP contribution is -2.49. The van der Waals surface area contributed by atoms with Crippen molar-refractivity contribution in [1.82, 2.24) is 18.4 Å². The molecule has 2 aliphatic heterocycles. The monoisotopic (exact) mass is 552 g/mol. The minimum atomic E-state index is -3.57. The number of aliphatic hydroxyl groups is 2. The van der Waals surface area contributed by atoms with Gasteiger partial charge in [0.05, 0.1) is 23.0 Å². The number of aliphatic hydroxyl groups excluding tert-OH is 2. The van der Waals surface area contributed by atoms with Crippen LogP contribution in [0.15, 0.2) is 58.3 Å². The van der Waals surface area contributed by atoms with Gasteiger partial charge in [-0.25, -0.2) is 16.8 Å². The van der Waals surface area contributed by atoms with Gasteiger partial charge in [-0.3, -0.25) is 9.80 Å². The van der Waals surface area contributed by atoms with Gasteiger partial charge in [-0.1, -0.05) is 24.3 Å². The summed E-state index contributed by atoms with van der Waals surface area (Å²) in [5.41, 5.74) is 1.87. The quantitative estimate of drug-likeness (QED) is 0.418. The van der Waals surface area contributed by atoms with Gasteiger partial charge >= 0.3 is 0 Å². The molecule has 0 saturated carbocycles. The Balaban J connectivity index is 1.35. The van der Waals surface area contributed by atoms with Crippen LogP contribution in [0.3, 0.4) is 0 Å². The Bertz CT molecular complexity index is 1120. The molecule has 10 nitrogen and oxygen atoms in total. The Labute approximate surface area is 219 Å². The molecule has 0 aromatic heterocycles. The van der Waals surface area contributed by atoms with Gasteiger partial charge in [0.15, 0.2) is 0 Å². The topological polar surface area (TPSA) is 122 Å². The third kappa shape index (κ3) is 6.76. The second kappa shape index (κ2) is 12.3. The van der Waals surface area contributed by atoms with Crippen molar-refractivity contribution in [3.63, 3.8) is 0 Å². The molecule has 12 heteroatoms. The average molecular weight is 553 g/mol. The van der Waals surface area contributed by atoms with Crippen LogP contribution in [0.2, 0.25) is 0 Å². The number of β-amino-alcohol motifs (C(OH)–C–C–N with tert-alkyl or cyclic N) is 2. The molecule has 4 rings (SSSR count). The summed E-state index contributed by atoms with van der Waals surface area (Å²) >= 11 is 0. The van der Waals surface area contributed by atoms with Gasteiger partial charge < -0.3 is 10.2 Å². The number of hydrogen-bond acceptors (Lipinski definition) is 8. The van der Waals surface area contributed by atoms with Crippen LogP contribution < -0.4 is 0 Å². The summed E-state index contributed by atoms with van der Waals surface area (Å²) in [5.74, 6) is 0. The highest BCUT2D eigenvalue weighted by Gasteiger charge is 2.29. The van der Waals surface area contributed by atoms with Gasteiger partial charge in [0.2, 0.25) is 20.0 Å². The van der Waals surface area contributed by atoms with Crippen LogP contribution in [0.25, 0.3) is 0 Å². The van der Waals surface area contributed by atoms with Crippen molar-refractivity contribution in [2.45, 2.75) is 16.2 Å². The van der Waals surface area contributed by atoms with E-state index in [1.165, 1.54) is 8.61 Å². The van der Waals surface area contributed by atoms with Crippen LogP contribution in [-0.2, 0) is 26.5 Å². The molecule has 0 atom stereocenters. The maximum atomic E-state index is 13.0. The van der Waals surface area contributed by atoms with Crippen molar-refractivity contribution in [2.75, 3.05) is 78.7 Å². The fraction of sp³-hybridized carbons (Fsp3) is 0.520. The summed E-state index contributed by atoms with van der Waals surface area (Å²) in [7, 11) is -7.14. The van der Waals surface area contributed by atoms with E-state index in [2.05, 4.69) is 0 Å². The van der Waals surface area contributed by atoms with Crippen molar-refractivity contribution in [3.05, 3.63) is 59.7 Å². The second-order valence-corrected chi connectivity index (χ2v) is 13.3. The van der Waals surface area contributed by atoms with E-state index >= 15 is 0 Å². The molecule has 2 aliphatic rings. The molecule has 0 spiro atoms. The van der Waals surface area contributed by atoms with Gasteiger partial charge in [-0.05, 0) is 41.8 Å². The third-order valence-electron chi connectivity index (χ3n) is 7.03. The predicted molar refractivity (Wildman–Crippen MR) is 140 cm³/mol. The molecule has 0 bridgehead atoms. The molecular formula is C25H36N4O6S2. The number of nitrogens with zero attached hydrogens (tertiary/aromatic N) is 4. The molecule has 0 radical (unpaired) electrons. The van der Waals surface area contributed by atoms with E-state index in [4.69, 9.17) is 10.2 Å². The first-order valence-electron chi connectivity index (χ1n) is 12.6. The molecule has 2 N–H and O–H groups in total. The minimum Gasteiger partial charge on any atom is -0.395 e. The van der Waals surface area contributed by atoms with Gasteiger partial charge in [0, 0.05) is 65.4 Å². The highest BCUT2D eigenvalue weighted by atomic mass is 32.2. The number of sulfonamides is 2. The van der Waals surface area contributed by atoms with Gasteiger partial charge in [0.25, 0.3) is 0 Å². The van der Waals surface area contributed by atoms with E-state index in [0.29, 0.717) is 71.9 Å². The Hall–Kier alpha value is -1.90. The summed E-state index contributed by atoms with van der Waals surface area (Å²) < 4.78 is 55.0. The van der Waals surface area contributed by atoms with Crippen molar-refractivity contribution in [3.8, 4) is 0 Å². The van der Waals surface area contributed by atoms with E-state index in [9.17, 15) is 16.8 Å². The lowest BCUT2D eigenvalue weighted by Gasteiger charge is -2.33. The van der Waals surface area contributed by atoms with Crippen LogP contribution in [0.4, 0.5) is 0 Å². The maximum Gasteiger partial charge on any atom is 0.243 e. The number of benzene rings is 2. The van der Waals surface area contributed by atoms with Crippen molar-refractivity contribution >= 4 is 20.0 Å². The van der Waals surface area contributed by atoms with E-state index in [1.807, 2.05) is 9.80 Å². The normalized spacial score (nSPS) is 19.3. The van der Waals surface area contributed by atoms with Crippen LogP contribution in [0.1, 0.15) is 11.1 Å². The minimum absolute atomic E-state index is 0.0657. The van der Waals surface area contributed by atoms with Crippen LogP contribution in [0.5, 0.6) is 0 Å². The van der Waals surface area contributed by atoms with E-state index in [-0.39, 0.29) is 23.0 Å². The van der Waals surface area contributed by atoms with Crippen LogP contribution in [-0.4, -0.2) is 124 Å². The highest BCUT2D eigenvalue weighted by Crippen LogP contribution is 2.22.